The van der Waals surface area contributed by atoms with Crippen molar-refractivity contribution >= 4 is 0 Å². The minimum Gasteiger partial charge on any atom is -0.348 e. The SMILES string of the molecule is CCNC1(c2ccccc2)CCC2(CC1)OCCO2. The van der Waals surface area contributed by atoms with Crippen LogP contribution >= 0.6 is 0 Å². The summed E-state index contributed by atoms with van der Waals surface area (Å²) in [6.45, 7) is 4.67. The van der Waals surface area contributed by atoms with E-state index in [-0.39, 0.29) is 11.3 Å². The summed E-state index contributed by atoms with van der Waals surface area (Å²) in [6, 6.07) is 10.8. The average Bonchev–Trinajstić information content (AvgIpc) is 2.92. The molecule has 0 radical (unpaired) electrons. The third-order valence-corrected chi connectivity index (χ3v) is 4.52. The van der Waals surface area contributed by atoms with Gasteiger partial charge in [0, 0.05) is 18.4 Å². The van der Waals surface area contributed by atoms with Gasteiger partial charge in [0.25, 0.3) is 0 Å². The molecule has 0 unspecified atom stereocenters. The molecule has 0 atom stereocenters. The van der Waals surface area contributed by atoms with Crippen LogP contribution in [-0.2, 0) is 15.0 Å². The molecule has 0 bridgehead atoms. The Bertz CT molecular complexity index is 402. The molecule has 3 nitrogen and oxygen atoms in total. The fraction of sp³-hybridized carbons (Fsp3) is 0.625. The minimum atomic E-state index is -0.284. The number of ether oxygens (including phenoxy) is 2. The molecule has 1 spiro atoms. The van der Waals surface area contributed by atoms with Gasteiger partial charge in [-0.25, -0.2) is 0 Å². The topological polar surface area (TPSA) is 30.5 Å². The van der Waals surface area contributed by atoms with Crippen LogP contribution in [0.5, 0.6) is 0 Å². The summed E-state index contributed by atoms with van der Waals surface area (Å²) in [6.07, 6.45) is 4.11. The summed E-state index contributed by atoms with van der Waals surface area (Å²) >= 11 is 0. The van der Waals surface area contributed by atoms with Gasteiger partial charge in [0.1, 0.15) is 0 Å². The predicted molar refractivity (Wildman–Crippen MR) is 74.9 cm³/mol. The highest BCUT2D eigenvalue weighted by molar-refractivity contribution is 5.25. The molecule has 0 amide bonds. The molecular formula is C16H23NO2. The van der Waals surface area contributed by atoms with E-state index < -0.39 is 0 Å². The Kier molecular flexibility index (Phi) is 3.61. The Hall–Kier alpha value is -0.900. The van der Waals surface area contributed by atoms with Gasteiger partial charge in [-0.2, -0.15) is 0 Å². The van der Waals surface area contributed by atoms with Crippen LogP contribution in [0.25, 0.3) is 0 Å². The van der Waals surface area contributed by atoms with Gasteiger partial charge in [0.2, 0.25) is 0 Å². The number of nitrogens with one attached hydrogen (secondary N) is 1. The molecule has 1 aromatic rings. The summed E-state index contributed by atoms with van der Waals surface area (Å²) < 4.78 is 11.7. The highest BCUT2D eigenvalue weighted by Gasteiger charge is 2.46. The largest absolute Gasteiger partial charge is 0.348 e. The molecule has 0 aromatic heterocycles. The third-order valence-electron chi connectivity index (χ3n) is 4.52. The van der Waals surface area contributed by atoms with Crippen LogP contribution in [0.3, 0.4) is 0 Å². The smallest absolute Gasteiger partial charge is 0.168 e. The van der Waals surface area contributed by atoms with Crippen molar-refractivity contribution in [3.05, 3.63) is 35.9 Å². The lowest BCUT2D eigenvalue weighted by Crippen LogP contribution is -2.50. The molecule has 1 saturated carbocycles. The van der Waals surface area contributed by atoms with Crippen molar-refractivity contribution in [2.24, 2.45) is 0 Å². The number of hydrogen-bond acceptors (Lipinski definition) is 3. The zero-order valence-electron chi connectivity index (χ0n) is 11.7. The van der Waals surface area contributed by atoms with Gasteiger partial charge in [-0.1, -0.05) is 37.3 Å². The van der Waals surface area contributed by atoms with Crippen LogP contribution in [0.15, 0.2) is 30.3 Å². The van der Waals surface area contributed by atoms with E-state index in [1.54, 1.807) is 0 Å². The molecule has 19 heavy (non-hydrogen) atoms. The lowest BCUT2D eigenvalue weighted by Gasteiger charge is -2.44. The Labute approximate surface area is 115 Å². The number of benzene rings is 1. The standard InChI is InChI=1S/C16H23NO2/c1-2-17-15(14-6-4-3-5-7-14)8-10-16(11-9-15)18-12-13-19-16/h3-7,17H,2,8-13H2,1H3. The zero-order valence-corrected chi connectivity index (χ0v) is 11.7. The van der Waals surface area contributed by atoms with Gasteiger partial charge in [0.15, 0.2) is 5.79 Å². The van der Waals surface area contributed by atoms with E-state index in [9.17, 15) is 0 Å². The van der Waals surface area contributed by atoms with Crippen molar-refractivity contribution in [1.29, 1.82) is 0 Å². The van der Waals surface area contributed by atoms with Gasteiger partial charge < -0.3 is 14.8 Å². The van der Waals surface area contributed by atoms with Crippen molar-refractivity contribution in [3.8, 4) is 0 Å². The maximum Gasteiger partial charge on any atom is 0.168 e. The fourth-order valence-corrected chi connectivity index (χ4v) is 3.51. The first-order chi connectivity index (χ1) is 9.29. The second-order valence-corrected chi connectivity index (χ2v) is 5.59. The van der Waals surface area contributed by atoms with Crippen molar-refractivity contribution in [3.63, 3.8) is 0 Å². The van der Waals surface area contributed by atoms with E-state index in [0.29, 0.717) is 0 Å². The van der Waals surface area contributed by atoms with Gasteiger partial charge in [-0.15, -0.1) is 0 Å². The Morgan fingerprint density at radius 3 is 2.21 bits per heavy atom. The first-order valence-corrected chi connectivity index (χ1v) is 7.37. The zero-order chi connectivity index (χ0) is 13.2. The first-order valence-electron chi connectivity index (χ1n) is 7.37. The van der Waals surface area contributed by atoms with Gasteiger partial charge in [0.05, 0.1) is 13.2 Å². The fourth-order valence-electron chi connectivity index (χ4n) is 3.51. The van der Waals surface area contributed by atoms with E-state index in [2.05, 4.69) is 42.6 Å². The van der Waals surface area contributed by atoms with Crippen LogP contribution in [0, 0.1) is 0 Å². The molecule has 1 heterocycles. The summed E-state index contributed by atoms with van der Waals surface area (Å²) in [5.74, 6) is -0.284. The van der Waals surface area contributed by atoms with Crippen molar-refractivity contribution < 1.29 is 9.47 Å². The molecule has 3 heteroatoms. The normalized spacial score (nSPS) is 24.7. The molecule has 2 fully saturated rings. The second kappa shape index (κ2) is 5.23. The Morgan fingerprint density at radius 2 is 1.63 bits per heavy atom. The highest BCUT2D eigenvalue weighted by Crippen LogP contribution is 2.44. The van der Waals surface area contributed by atoms with Crippen LogP contribution in [0.4, 0.5) is 0 Å². The second-order valence-electron chi connectivity index (χ2n) is 5.59. The number of hydrogen-bond donors (Lipinski definition) is 1. The van der Waals surface area contributed by atoms with E-state index >= 15 is 0 Å². The molecule has 3 rings (SSSR count). The molecular weight excluding hydrogens is 238 g/mol. The van der Waals surface area contributed by atoms with Crippen molar-refractivity contribution in [2.75, 3.05) is 19.8 Å². The Balaban J connectivity index is 1.80. The quantitative estimate of drug-likeness (QED) is 0.907. The van der Waals surface area contributed by atoms with Gasteiger partial charge >= 0.3 is 0 Å². The minimum absolute atomic E-state index is 0.0938. The highest BCUT2D eigenvalue weighted by atomic mass is 16.7. The monoisotopic (exact) mass is 261 g/mol. The van der Waals surface area contributed by atoms with Crippen molar-refractivity contribution in [2.45, 2.75) is 43.9 Å². The van der Waals surface area contributed by atoms with E-state index in [1.165, 1.54) is 5.56 Å². The molecule has 1 aromatic carbocycles. The first kappa shape index (κ1) is 13.1. The van der Waals surface area contributed by atoms with Crippen LogP contribution < -0.4 is 5.32 Å². The van der Waals surface area contributed by atoms with Gasteiger partial charge in [-0.3, -0.25) is 0 Å². The van der Waals surface area contributed by atoms with Crippen molar-refractivity contribution in [1.82, 2.24) is 5.32 Å². The summed E-state index contributed by atoms with van der Waals surface area (Å²) in [4.78, 5) is 0. The molecule has 2 aliphatic rings. The summed E-state index contributed by atoms with van der Waals surface area (Å²) in [7, 11) is 0. The predicted octanol–water partition coefficient (Wildman–Crippen LogP) is 2.81. The lowest BCUT2D eigenvalue weighted by atomic mass is 9.74. The maximum atomic E-state index is 5.84. The summed E-state index contributed by atoms with van der Waals surface area (Å²) in [5, 5.41) is 3.71. The maximum absolute atomic E-state index is 5.84. The molecule has 1 aliphatic carbocycles. The van der Waals surface area contributed by atoms with E-state index in [1.807, 2.05) is 0 Å². The lowest BCUT2D eigenvalue weighted by molar-refractivity contribution is -0.187. The average molecular weight is 261 g/mol. The van der Waals surface area contributed by atoms with E-state index in [4.69, 9.17) is 9.47 Å². The molecule has 1 N–H and O–H groups in total. The van der Waals surface area contributed by atoms with Gasteiger partial charge in [-0.05, 0) is 24.9 Å². The molecule has 1 aliphatic heterocycles. The van der Waals surface area contributed by atoms with E-state index in [0.717, 1.165) is 45.4 Å². The molecule has 1 saturated heterocycles. The van der Waals surface area contributed by atoms with Crippen LogP contribution in [0.2, 0.25) is 0 Å². The van der Waals surface area contributed by atoms with Crippen LogP contribution in [0.1, 0.15) is 38.2 Å². The van der Waals surface area contributed by atoms with Crippen LogP contribution in [-0.4, -0.2) is 25.5 Å². The Morgan fingerprint density at radius 1 is 1.00 bits per heavy atom. The summed E-state index contributed by atoms with van der Waals surface area (Å²) in [5.41, 5.74) is 1.49. The third kappa shape index (κ3) is 2.42. The number of rotatable bonds is 3. The molecule has 104 valence electrons.